The van der Waals surface area contributed by atoms with Gasteiger partial charge in [0.25, 0.3) is 5.91 Å². The second-order valence-electron chi connectivity index (χ2n) is 7.77. The molecule has 0 radical (unpaired) electrons. The first kappa shape index (κ1) is 21.7. The Labute approximate surface area is 177 Å². The summed E-state index contributed by atoms with van der Waals surface area (Å²) in [5, 5.41) is 9.65. The standard InChI is InChI=1S/C23H28N2O5/c1-17(22(27)25(2)23(16-24)11-4-3-5-12-23)30-21(26)10-8-18-7-9-19-20(15-18)29-14-6-13-28-19/h7-10,15,17H,3-6,11-14H2,1-2H3/b10-8+/t17-/m0/s1. The molecule has 1 aromatic rings. The molecule has 2 aliphatic rings. The summed E-state index contributed by atoms with van der Waals surface area (Å²) in [7, 11) is 1.62. The number of nitrogens with zero attached hydrogens (tertiary/aromatic N) is 2. The number of fused-ring (bicyclic) bond motifs is 1. The van der Waals surface area contributed by atoms with E-state index in [9.17, 15) is 14.9 Å². The summed E-state index contributed by atoms with van der Waals surface area (Å²) in [4.78, 5) is 26.4. The number of hydrogen-bond acceptors (Lipinski definition) is 6. The molecule has 0 spiro atoms. The number of carbonyl (C=O) groups excluding carboxylic acids is 2. The van der Waals surface area contributed by atoms with E-state index in [1.807, 2.05) is 6.07 Å². The van der Waals surface area contributed by atoms with E-state index in [0.29, 0.717) is 37.6 Å². The van der Waals surface area contributed by atoms with Crippen LogP contribution in [-0.4, -0.2) is 48.7 Å². The highest BCUT2D eigenvalue weighted by molar-refractivity contribution is 5.90. The van der Waals surface area contributed by atoms with Gasteiger partial charge in [-0.3, -0.25) is 4.79 Å². The van der Waals surface area contributed by atoms with Crippen LogP contribution in [0.25, 0.3) is 6.08 Å². The van der Waals surface area contributed by atoms with Crippen LogP contribution in [-0.2, 0) is 14.3 Å². The molecule has 0 bridgehead atoms. The quantitative estimate of drug-likeness (QED) is 0.543. The lowest BCUT2D eigenvalue weighted by Crippen LogP contribution is -2.53. The Morgan fingerprint density at radius 2 is 1.87 bits per heavy atom. The molecule has 160 valence electrons. The Morgan fingerprint density at radius 1 is 1.17 bits per heavy atom. The van der Waals surface area contributed by atoms with Crippen LogP contribution in [0.1, 0.15) is 51.0 Å². The molecule has 3 rings (SSSR count). The molecule has 1 aliphatic heterocycles. The Morgan fingerprint density at radius 3 is 2.57 bits per heavy atom. The van der Waals surface area contributed by atoms with Crippen LogP contribution in [0.3, 0.4) is 0 Å². The molecule has 30 heavy (non-hydrogen) atoms. The predicted octanol–water partition coefficient (Wildman–Crippen LogP) is 3.48. The fourth-order valence-electron chi connectivity index (χ4n) is 3.85. The van der Waals surface area contributed by atoms with E-state index in [2.05, 4.69) is 6.07 Å². The van der Waals surface area contributed by atoms with Gasteiger partial charge in [0.2, 0.25) is 0 Å². The minimum atomic E-state index is -0.969. The van der Waals surface area contributed by atoms with Crippen molar-refractivity contribution in [3.8, 4) is 17.6 Å². The average Bonchev–Trinajstić information content (AvgIpc) is 3.02. The highest BCUT2D eigenvalue weighted by Gasteiger charge is 2.40. The SMILES string of the molecule is C[C@H](OC(=O)/C=C/c1ccc2c(c1)OCCCO2)C(=O)N(C)C1(C#N)CCCCC1. The molecular weight excluding hydrogens is 384 g/mol. The minimum absolute atomic E-state index is 0.365. The number of rotatable bonds is 5. The maximum atomic E-state index is 12.8. The van der Waals surface area contributed by atoms with Crippen molar-refractivity contribution < 1.29 is 23.8 Å². The van der Waals surface area contributed by atoms with Crippen LogP contribution in [0, 0.1) is 11.3 Å². The van der Waals surface area contributed by atoms with Crippen molar-refractivity contribution >= 4 is 18.0 Å². The summed E-state index contributed by atoms with van der Waals surface area (Å²) in [5.41, 5.74) is -0.0478. The Balaban J connectivity index is 1.59. The number of benzene rings is 1. The van der Waals surface area contributed by atoms with Crippen molar-refractivity contribution in [1.82, 2.24) is 4.90 Å². The molecular formula is C23H28N2O5. The molecule has 7 heteroatoms. The monoisotopic (exact) mass is 412 g/mol. The number of ether oxygens (including phenoxy) is 3. The number of amides is 1. The summed E-state index contributed by atoms with van der Waals surface area (Å²) >= 11 is 0. The maximum Gasteiger partial charge on any atom is 0.331 e. The van der Waals surface area contributed by atoms with E-state index < -0.39 is 17.6 Å². The van der Waals surface area contributed by atoms with E-state index in [0.717, 1.165) is 31.2 Å². The summed E-state index contributed by atoms with van der Waals surface area (Å²) < 4.78 is 16.5. The highest BCUT2D eigenvalue weighted by Crippen LogP contribution is 2.33. The van der Waals surface area contributed by atoms with E-state index in [-0.39, 0.29) is 5.91 Å². The van der Waals surface area contributed by atoms with Crippen LogP contribution in [0.2, 0.25) is 0 Å². The maximum absolute atomic E-state index is 12.8. The highest BCUT2D eigenvalue weighted by atomic mass is 16.5. The molecule has 0 aromatic heterocycles. The van der Waals surface area contributed by atoms with E-state index in [1.165, 1.54) is 17.9 Å². The van der Waals surface area contributed by atoms with Gasteiger partial charge in [-0.2, -0.15) is 5.26 Å². The lowest BCUT2D eigenvalue weighted by atomic mass is 9.81. The Kier molecular flexibility index (Phi) is 6.99. The molecule has 1 saturated carbocycles. The van der Waals surface area contributed by atoms with Gasteiger partial charge in [0.05, 0.1) is 19.3 Å². The largest absolute Gasteiger partial charge is 0.490 e. The number of carbonyl (C=O) groups is 2. The van der Waals surface area contributed by atoms with Gasteiger partial charge in [-0.1, -0.05) is 25.3 Å². The van der Waals surface area contributed by atoms with E-state index >= 15 is 0 Å². The molecule has 1 amide bonds. The van der Waals surface area contributed by atoms with Crippen molar-refractivity contribution in [1.29, 1.82) is 5.26 Å². The topological polar surface area (TPSA) is 88.9 Å². The first-order valence-corrected chi connectivity index (χ1v) is 10.4. The van der Waals surface area contributed by atoms with E-state index in [1.54, 1.807) is 25.3 Å². The molecule has 0 unspecified atom stereocenters. The molecule has 1 aliphatic carbocycles. The third-order valence-electron chi connectivity index (χ3n) is 5.69. The second-order valence-corrected chi connectivity index (χ2v) is 7.77. The number of esters is 1. The molecule has 1 heterocycles. The van der Waals surface area contributed by atoms with Gasteiger partial charge in [0.15, 0.2) is 17.6 Å². The summed E-state index contributed by atoms with van der Waals surface area (Å²) in [6, 6.07) is 7.73. The van der Waals surface area contributed by atoms with Crippen LogP contribution in [0.5, 0.6) is 11.5 Å². The van der Waals surface area contributed by atoms with Gasteiger partial charge in [0.1, 0.15) is 5.54 Å². The first-order chi connectivity index (χ1) is 14.4. The van der Waals surface area contributed by atoms with E-state index in [4.69, 9.17) is 14.2 Å². The smallest absolute Gasteiger partial charge is 0.331 e. The van der Waals surface area contributed by atoms with Gasteiger partial charge >= 0.3 is 5.97 Å². The lowest BCUT2D eigenvalue weighted by molar-refractivity contribution is -0.157. The van der Waals surface area contributed by atoms with Gasteiger partial charge in [0, 0.05) is 19.5 Å². The van der Waals surface area contributed by atoms with Crippen LogP contribution in [0.4, 0.5) is 0 Å². The number of nitriles is 1. The molecule has 1 atom stereocenters. The minimum Gasteiger partial charge on any atom is -0.490 e. The van der Waals surface area contributed by atoms with Crippen LogP contribution >= 0.6 is 0 Å². The third kappa shape index (κ3) is 4.93. The van der Waals surface area contributed by atoms with Crippen LogP contribution < -0.4 is 9.47 Å². The number of likely N-dealkylation sites (N-methyl/N-ethyl adjacent to an activating group) is 1. The molecule has 0 N–H and O–H groups in total. The zero-order valence-electron chi connectivity index (χ0n) is 17.6. The lowest BCUT2D eigenvalue weighted by Gasteiger charge is -2.39. The normalized spacial score (nSPS) is 18.7. The van der Waals surface area contributed by atoms with Crippen molar-refractivity contribution in [2.24, 2.45) is 0 Å². The zero-order valence-corrected chi connectivity index (χ0v) is 17.6. The summed E-state index contributed by atoms with van der Waals surface area (Å²) in [6.07, 6.45) is 6.94. The van der Waals surface area contributed by atoms with Gasteiger partial charge in [-0.15, -0.1) is 0 Å². The van der Waals surface area contributed by atoms with Crippen LogP contribution in [0.15, 0.2) is 24.3 Å². The van der Waals surface area contributed by atoms with Crippen molar-refractivity contribution in [3.63, 3.8) is 0 Å². The van der Waals surface area contributed by atoms with Gasteiger partial charge < -0.3 is 19.1 Å². The van der Waals surface area contributed by atoms with Crippen molar-refractivity contribution in [2.75, 3.05) is 20.3 Å². The van der Waals surface area contributed by atoms with Gasteiger partial charge in [-0.05, 0) is 43.5 Å². The van der Waals surface area contributed by atoms with Crippen molar-refractivity contribution in [2.45, 2.75) is 57.1 Å². The summed E-state index contributed by atoms with van der Waals surface area (Å²) in [5.74, 6) is 0.341. The summed E-state index contributed by atoms with van der Waals surface area (Å²) in [6.45, 7) is 2.73. The van der Waals surface area contributed by atoms with Crippen molar-refractivity contribution in [3.05, 3.63) is 29.8 Å². The fraction of sp³-hybridized carbons (Fsp3) is 0.522. The first-order valence-electron chi connectivity index (χ1n) is 10.4. The molecule has 1 fully saturated rings. The predicted molar refractivity (Wildman–Crippen MR) is 111 cm³/mol. The molecule has 7 nitrogen and oxygen atoms in total. The Bertz CT molecular complexity index is 852. The van der Waals surface area contributed by atoms with Gasteiger partial charge in [-0.25, -0.2) is 4.79 Å². The molecule has 1 aromatic carbocycles. The average molecular weight is 412 g/mol. The number of hydrogen-bond donors (Lipinski definition) is 0. The Hall–Kier alpha value is -3.01. The molecule has 0 saturated heterocycles. The fourth-order valence-corrected chi connectivity index (χ4v) is 3.85. The zero-order chi connectivity index (χ0) is 21.6. The third-order valence-corrected chi connectivity index (χ3v) is 5.69. The second kappa shape index (κ2) is 9.66.